The van der Waals surface area contributed by atoms with Crippen molar-refractivity contribution in [2.75, 3.05) is 0 Å². The van der Waals surface area contributed by atoms with Gasteiger partial charge in [-0.15, -0.1) is 0 Å². The molecule has 0 bridgehead atoms. The third-order valence-electron chi connectivity index (χ3n) is 2.01. The molecule has 0 aromatic heterocycles. The average molecular weight is 214 g/mol. The summed E-state index contributed by atoms with van der Waals surface area (Å²) in [5, 5.41) is 0.0606. The lowest BCUT2D eigenvalue weighted by molar-refractivity contribution is 0.345. The first-order valence-electron chi connectivity index (χ1n) is 3.98. The Hall–Kier alpha value is -1.22. The molecule has 4 heteroatoms. The smallest absolute Gasteiger partial charge is 0.192 e. The van der Waals surface area contributed by atoms with Crippen molar-refractivity contribution >= 4 is 17.8 Å². The second kappa shape index (κ2) is 3.17. The van der Waals surface area contributed by atoms with Gasteiger partial charge in [0, 0.05) is 11.8 Å². The van der Waals surface area contributed by atoms with E-state index in [2.05, 4.69) is 4.99 Å². The number of benzene rings is 1. The lowest BCUT2D eigenvalue weighted by atomic mass is 9.98. The predicted octanol–water partition coefficient (Wildman–Crippen LogP) is 3.24. The van der Waals surface area contributed by atoms with Crippen LogP contribution in [0.15, 0.2) is 35.5 Å². The number of rotatable bonds is 1. The average Bonchev–Trinajstić information content (AvgIpc) is 2.52. The minimum atomic E-state index is -1.80. The van der Waals surface area contributed by atoms with E-state index in [-0.39, 0.29) is 10.6 Å². The maximum absolute atomic E-state index is 14.0. The van der Waals surface area contributed by atoms with Gasteiger partial charge < -0.3 is 0 Å². The summed E-state index contributed by atoms with van der Waals surface area (Å²) in [5.74, 6) is -0.485. The van der Waals surface area contributed by atoms with E-state index in [4.69, 9.17) is 11.6 Å². The lowest BCUT2D eigenvalue weighted by Gasteiger charge is -2.15. The van der Waals surface area contributed by atoms with Crippen LogP contribution in [0.4, 0.5) is 8.78 Å². The van der Waals surface area contributed by atoms with Gasteiger partial charge in [-0.05, 0) is 18.2 Å². The van der Waals surface area contributed by atoms with E-state index >= 15 is 0 Å². The van der Waals surface area contributed by atoms with Crippen LogP contribution in [0.3, 0.4) is 0 Å². The first-order chi connectivity index (χ1) is 6.62. The molecule has 0 N–H and O–H groups in total. The van der Waals surface area contributed by atoms with Gasteiger partial charge >= 0.3 is 0 Å². The van der Waals surface area contributed by atoms with Crippen LogP contribution in [-0.2, 0) is 5.67 Å². The van der Waals surface area contributed by atoms with Gasteiger partial charge in [0.05, 0.1) is 11.2 Å². The fourth-order valence-corrected chi connectivity index (χ4v) is 1.62. The maximum Gasteiger partial charge on any atom is 0.192 e. The van der Waals surface area contributed by atoms with Crippen LogP contribution < -0.4 is 0 Å². The summed E-state index contributed by atoms with van der Waals surface area (Å²) in [7, 11) is 0. The molecule has 0 radical (unpaired) electrons. The van der Waals surface area contributed by atoms with E-state index in [0.29, 0.717) is 0 Å². The first kappa shape index (κ1) is 9.34. The summed E-state index contributed by atoms with van der Waals surface area (Å²) in [5.41, 5.74) is -1.59. The summed E-state index contributed by atoms with van der Waals surface area (Å²) < 4.78 is 26.7. The minimum absolute atomic E-state index is 0.0606. The summed E-state index contributed by atoms with van der Waals surface area (Å²) in [6.07, 6.45) is 3.75. The molecular weight excluding hydrogens is 208 g/mol. The van der Waals surface area contributed by atoms with Crippen LogP contribution in [0.2, 0.25) is 5.02 Å². The zero-order valence-electron chi connectivity index (χ0n) is 7.05. The van der Waals surface area contributed by atoms with Crippen molar-refractivity contribution in [2.24, 2.45) is 4.99 Å². The Morgan fingerprint density at radius 1 is 1.36 bits per heavy atom. The molecule has 0 spiro atoms. The molecule has 1 unspecified atom stereocenters. The van der Waals surface area contributed by atoms with Gasteiger partial charge in [-0.3, -0.25) is 4.99 Å². The SMILES string of the molecule is Fc1ccc(C2(F)C=CN=C2)c(Cl)c1. The third kappa shape index (κ3) is 1.44. The van der Waals surface area contributed by atoms with Crippen molar-refractivity contribution < 1.29 is 8.78 Å². The van der Waals surface area contributed by atoms with Crippen molar-refractivity contribution in [3.63, 3.8) is 0 Å². The zero-order valence-corrected chi connectivity index (χ0v) is 7.80. The number of hydrogen-bond acceptors (Lipinski definition) is 1. The molecule has 0 amide bonds. The molecule has 1 aromatic rings. The molecular formula is C10H6ClF2N. The second-order valence-electron chi connectivity index (χ2n) is 2.99. The van der Waals surface area contributed by atoms with Crippen molar-refractivity contribution in [1.82, 2.24) is 0 Å². The Kier molecular flexibility index (Phi) is 2.11. The van der Waals surface area contributed by atoms with Crippen LogP contribution in [0, 0.1) is 5.82 Å². The summed E-state index contributed by atoms with van der Waals surface area (Å²) in [4.78, 5) is 3.64. The highest BCUT2D eigenvalue weighted by Gasteiger charge is 2.31. The quantitative estimate of drug-likeness (QED) is 0.679. The van der Waals surface area contributed by atoms with E-state index in [0.717, 1.165) is 12.3 Å². The number of aliphatic imine (C=N–C) groups is 1. The number of alkyl halides is 1. The Labute approximate surface area is 84.7 Å². The highest BCUT2D eigenvalue weighted by atomic mass is 35.5. The maximum atomic E-state index is 14.0. The Bertz CT molecular complexity index is 414. The number of nitrogens with zero attached hydrogens (tertiary/aromatic N) is 1. The first-order valence-corrected chi connectivity index (χ1v) is 4.36. The minimum Gasteiger partial charge on any atom is -0.265 e. The number of allylic oxidation sites excluding steroid dienone is 1. The number of hydrogen-bond donors (Lipinski definition) is 0. The third-order valence-corrected chi connectivity index (χ3v) is 2.32. The largest absolute Gasteiger partial charge is 0.265 e. The molecule has 0 saturated heterocycles. The molecule has 1 nitrogen and oxygen atoms in total. The van der Waals surface area contributed by atoms with Gasteiger partial charge in [0.1, 0.15) is 5.82 Å². The molecule has 0 fully saturated rings. The fraction of sp³-hybridized carbons (Fsp3) is 0.100. The monoisotopic (exact) mass is 213 g/mol. The van der Waals surface area contributed by atoms with Gasteiger partial charge in [0.2, 0.25) is 0 Å². The van der Waals surface area contributed by atoms with Gasteiger partial charge in [0.25, 0.3) is 0 Å². The van der Waals surface area contributed by atoms with Crippen LogP contribution in [0.1, 0.15) is 5.56 Å². The topological polar surface area (TPSA) is 12.4 Å². The zero-order chi connectivity index (χ0) is 10.2. The van der Waals surface area contributed by atoms with E-state index in [9.17, 15) is 8.78 Å². The van der Waals surface area contributed by atoms with Crippen LogP contribution in [0.5, 0.6) is 0 Å². The van der Waals surface area contributed by atoms with Crippen LogP contribution in [-0.4, -0.2) is 6.21 Å². The molecule has 1 aliphatic heterocycles. The summed E-state index contributed by atoms with van der Waals surface area (Å²) in [6.45, 7) is 0. The molecule has 1 atom stereocenters. The van der Waals surface area contributed by atoms with Crippen molar-refractivity contribution in [3.05, 3.63) is 46.9 Å². The van der Waals surface area contributed by atoms with Gasteiger partial charge in [-0.25, -0.2) is 8.78 Å². The Morgan fingerprint density at radius 2 is 2.14 bits per heavy atom. The lowest BCUT2D eigenvalue weighted by Crippen LogP contribution is -2.17. The number of halogens is 3. The molecule has 72 valence electrons. The normalized spacial score (nSPS) is 24.5. The van der Waals surface area contributed by atoms with Crippen LogP contribution >= 0.6 is 11.6 Å². The fourth-order valence-electron chi connectivity index (χ4n) is 1.31. The van der Waals surface area contributed by atoms with E-state index in [1.54, 1.807) is 0 Å². The van der Waals surface area contributed by atoms with E-state index < -0.39 is 11.5 Å². The van der Waals surface area contributed by atoms with Gasteiger partial charge in [0.15, 0.2) is 5.67 Å². The highest BCUT2D eigenvalue weighted by molar-refractivity contribution is 6.31. The molecule has 0 saturated carbocycles. The molecule has 1 heterocycles. The molecule has 1 aromatic carbocycles. The molecule has 1 aliphatic rings. The summed E-state index contributed by atoms with van der Waals surface area (Å²) in [6, 6.07) is 3.57. The summed E-state index contributed by atoms with van der Waals surface area (Å²) >= 11 is 5.72. The molecule has 2 rings (SSSR count). The van der Waals surface area contributed by atoms with E-state index in [1.165, 1.54) is 24.4 Å². The van der Waals surface area contributed by atoms with Gasteiger partial charge in [-0.1, -0.05) is 17.7 Å². The van der Waals surface area contributed by atoms with Gasteiger partial charge in [-0.2, -0.15) is 0 Å². The standard InChI is InChI=1S/C10H6ClF2N/c11-9-5-7(12)1-2-8(9)10(13)3-4-14-6-10/h1-6H. The van der Waals surface area contributed by atoms with E-state index in [1.807, 2.05) is 0 Å². The second-order valence-corrected chi connectivity index (χ2v) is 3.39. The Morgan fingerprint density at radius 3 is 2.71 bits per heavy atom. The molecule has 14 heavy (non-hydrogen) atoms. The van der Waals surface area contributed by atoms with Crippen molar-refractivity contribution in [3.8, 4) is 0 Å². The predicted molar refractivity (Wildman–Crippen MR) is 51.8 cm³/mol. The Balaban J connectivity index is 2.52. The van der Waals surface area contributed by atoms with Crippen molar-refractivity contribution in [1.29, 1.82) is 0 Å². The molecule has 0 aliphatic carbocycles. The highest BCUT2D eigenvalue weighted by Crippen LogP contribution is 2.34. The van der Waals surface area contributed by atoms with Crippen LogP contribution in [0.25, 0.3) is 0 Å². The van der Waals surface area contributed by atoms with Crippen molar-refractivity contribution in [2.45, 2.75) is 5.67 Å².